The van der Waals surface area contributed by atoms with Crippen LogP contribution in [-0.4, -0.2) is 35.6 Å². The van der Waals surface area contributed by atoms with Gasteiger partial charge in [-0.15, -0.1) is 0 Å². The Hall–Kier alpha value is -3.29. The van der Waals surface area contributed by atoms with Gasteiger partial charge in [0.25, 0.3) is 5.91 Å². The van der Waals surface area contributed by atoms with Gasteiger partial charge in [0.1, 0.15) is 17.7 Å². The number of hydrogen-bond donors (Lipinski definition) is 2. The number of carbonyl (C=O) groups is 1. The molecular weight excluding hydrogens is 354 g/mol. The van der Waals surface area contributed by atoms with E-state index in [4.69, 9.17) is 0 Å². The van der Waals surface area contributed by atoms with E-state index in [-0.39, 0.29) is 5.91 Å². The van der Waals surface area contributed by atoms with Crippen molar-refractivity contribution in [3.63, 3.8) is 0 Å². The Morgan fingerprint density at radius 2 is 2.14 bits per heavy atom. The van der Waals surface area contributed by atoms with Crippen LogP contribution in [-0.2, 0) is 13.6 Å². The molecule has 1 saturated carbocycles. The number of H-pyrrole nitrogens is 1. The Kier molecular flexibility index (Phi) is 4.03. The van der Waals surface area contributed by atoms with Crippen LogP contribution in [0.2, 0.25) is 0 Å². The molecule has 8 heteroatoms. The molecule has 3 aromatic heterocycles. The maximum absolute atomic E-state index is 12.8. The minimum absolute atomic E-state index is 0.248. The van der Waals surface area contributed by atoms with Crippen molar-refractivity contribution in [3.8, 4) is 0 Å². The lowest BCUT2D eigenvalue weighted by Crippen LogP contribution is -2.24. The molecular formula is C20H21N7O. The molecule has 0 aliphatic heterocycles. The molecule has 1 fully saturated rings. The molecule has 142 valence electrons. The second-order valence-corrected chi connectivity index (χ2v) is 7.36. The van der Waals surface area contributed by atoms with E-state index in [9.17, 15) is 4.79 Å². The number of fused-ring (bicyclic) bond motifs is 2. The van der Waals surface area contributed by atoms with Crippen LogP contribution >= 0.6 is 0 Å². The summed E-state index contributed by atoms with van der Waals surface area (Å²) >= 11 is 0. The zero-order chi connectivity index (χ0) is 19.1. The summed E-state index contributed by atoms with van der Waals surface area (Å²) in [5, 5.41) is 8.50. The molecule has 1 aliphatic rings. The van der Waals surface area contributed by atoms with Crippen molar-refractivity contribution in [1.82, 2.24) is 35.0 Å². The molecule has 0 spiro atoms. The van der Waals surface area contributed by atoms with Gasteiger partial charge in [-0.3, -0.25) is 9.48 Å². The third kappa shape index (κ3) is 2.90. The van der Waals surface area contributed by atoms with Gasteiger partial charge >= 0.3 is 0 Å². The molecule has 1 aromatic carbocycles. The van der Waals surface area contributed by atoms with E-state index >= 15 is 0 Å². The molecule has 4 aromatic rings. The Morgan fingerprint density at radius 3 is 3.00 bits per heavy atom. The second-order valence-electron chi connectivity index (χ2n) is 7.36. The van der Waals surface area contributed by atoms with Gasteiger partial charge in [-0.25, -0.2) is 15.0 Å². The zero-order valence-corrected chi connectivity index (χ0v) is 15.6. The van der Waals surface area contributed by atoms with Gasteiger partial charge in [0.2, 0.25) is 0 Å². The minimum Gasteiger partial charge on any atom is -0.346 e. The van der Waals surface area contributed by atoms with E-state index in [1.807, 2.05) is 31.4 Å². The first-order chi connectivity index (χ1) is 13.7. The van der Waals surface area contributed by atoms with E-state index in [0.29, 0.717) is 29.3 Å². The average molecular weight is 375 g/mol. The summed E-state index contributed by atoms with van der Waals surface area (Å²) in [7, 11) is 1.89. The van der Waals surface area contributed by atoms with Crippen molar-refractivity contribution >= 4 is 28.0 Å². The summed E-state index contributed by atoms with van der Waals surface area (Å²) in [5.74, 6) is 1.09. The highest BCUT2D eigenvalue weighted by molar-refractivity contribution is 6.02. The van der Waals surface area contributed by atoms with Crippen molar-refractivity contribution in [2.75, 3.05) is 0 Å². The molecule has 3 heterocycles. The first kappa shape index (κ1) is 16.9. The van der Waals surface area contributed by atoms with Gasteiger partial charge in [0.15, 0.2) is 11.3 Å². The monoisotopic (exact) mass is 375 g/mol. The fourth-order valence-corrected chi connectivity index (χ4v) is 4.04. The van der Waals surface area contributed by atoms with Gasteiger partial charge in [-0.1, -0.05) is 31.0 Å². The van der Waals surface area contributed by atoms with E-state index in [0.717, 1.165) is 35.1 Å². The van der Waals surface area contributed by atoms with E-state index in [1.165, 1.54) is 19.2 Å². The molecule has 2 N–H and O–H groups in total. The minimum atomic E-state index is -0.248. The van der Waals surface area contributed by atoms with Crippen LogP contribution in [0.4, 0.5) is 0 Å². The van der Waals surface area contributed by atoms with Gasteiger partial charge in [-0.05, 0) is 18.4 Å². The average Bonchev–Trinajstić information content (AvgIpc) is 3.42. The normalized spacial score (nSPS) is 14.9. The Morgan fingerprint density at radius 1 is 1.29 bits per heavy atom. The zero-order valence-electron chi connectivity index (χ0n) is 15.6. The third-order valence-electron chi connectivity index (χ3n) is 5.44. The first-order valence-electron chi connectivity index (χ1n) is 9.59. The van der Waals surface area contributed by atoms with E-state index in [1.54, 1.807) is 4.68 Å². The lowest BCUT2D eigenvalue weighted by molar-refractivity contribution is 0.0947. The number of aryl methyl sites for hydroxylation is 1. The number of carbonyl (C=O) groups excluding carboxylic acids is 1. The number of benzene rings is 1. The topological polar surface area (TPSA) is 101 Å². The number of rotatable bonds is 4. The van der Waals surface area contributed by atoms with Crippen LogP contribution < -0.4 is 5.32 Å². The van der Waals surface area contributed by atoms with Crippen LogP contribution in [0.1, 0.15) is 53.5 Å². The van der Waals surface area contributed by atoms with E-state index < -0.39 is 0 Å². The first-order valence-corrected chi connectivity index (χ1v) is 9.59. The molecule has 8 nitrogen and oxygen atoms in total. The summed E-state index contributed by atoms with van der Waals surface area (Å²) in [6.45, 7) is 0.377. The van der Waals surface area contributed by atoms with Gasteiger partial charge in [-0.2, -0.15) is 5.10 Å². The molecule has 1 amide bonds. The van der Waals surface area contributed by atoms with Crippen molar-refractivity contribution in [3.05, 3.63) is 47.8 Å². The highest BCUT2D eigenvalue weighted by atomic mass is 16.1. The molecule has 28 heavy (non-hydrogen) atoms. The van der Waals surface area contributed by atoms with Crippen LogP contribution in [0.3, 0.4) is 0 Å². The quantitative estimate of drug-likeness (QED) is 0.571. The summed E-state index contributed by atoms with van der Waals surface area (Å²) in [4.78, 5) is 29.2. The molecule has 5 rings (SSSR count). The number of aromatic nitrogens is 6. The van der Waals surface area contributed by atoms with E-state index in [2.05, 4.69) is 30.4 Å². The maximum atomic E-state index is 12.8. The standard InChI is InChI=1S/C20H21N7O/c1-27-10-14-8-4-7-13(15(14)26-27)9-21-20(28)17-16-19(23-11-22-17)25-18(24-16)12-5-2-3-6-12/h4,7-8,10-12H,2-3,5-6,9H2,1H3,(H,21,28)(H,22,23,24,25). The number of nitrogens with one attached hydrogen (secondary N) is 2. The van der Waals surface area contributed by atoms with Crippen LogP contribution in [0.15, 0.2) is 30.7 Å². The fraction of sp³-hybridized carbons (Fsp3) is 0.350. The Bertz CT molecular complexity index is 1170. The van der Waals surface area contributed by atoms with Crippen LogP contribution in [0, 0.1) is 0 Å². The highest BCUT2D eigenvalue weighted by Gasteiger charge is 2.23. The SMILES string of the molecule is Cn1cc2cccc(CNC(=O)c3ncnc4nc(C5CCCC5)[nH]c34)c2n1. The van der Waals surface area contributed by atoms with Crippen LogP contribution in [0.25, 0.3) is 22.1 Å². The molecule has 0 saturated heterocycles. The van der Waals surface area contributed by atoms with Crippen molar-refractivity contribution in [1.29, 1.82) is 0 Å². The summed E-state index contributed by atoms with van der Waals surface area (Å²) in [6.07, 6.45) is 8.06. The number of hydrogen-bond acceptors (Lipinski definition) is 5. The number of imidazole rings is 1. The predicted molar refractivity (Wildman–Crippen MR) is 105 cm³/mol. The second kappa shape index (κ2) is 6.70. The Labute approximate surface area is 161 Å². The van der Waals surface area contributed by atoms with Gasteiger partial charge in [0.05, 0.1) is 5.52 Å². The predicted octanol–water partition coefficient (Wildman–Crippen LogP) is 2.83. The molecule has 0 atom stereocenters. The summed E-state index contributed by atoms with van der Waals surface area (Å²) in [6, 6.07) is 5.95. The lowest BCUT2D eigenvalue weighted by Gasteiger charge is -2.06. The fourth-order valence-electron chi connectivity index (χ4n) is 4.04. The van der Waals surface area contributed by atoms with Crippen LogP contribution in [0.5, 0.6) is 0 Å². The number of amides is 1. The van der Waals surface area contributed by atoms with Crippen molar-refractivity contribution in [2.24, 2.45) is 7.05 Å². The number of aromatic amines is 1. The smallest absolute Gasteiger partial charge is 0.272 e. The lowest BCUT2D eigenvalue weighted by atomic mass is 10.1. The Balaban J connectivity index is 1.41. The summed E-state index contributed by atoms with van der Waals surface area (Å²) < 4.78 is 1.78. The molecule has 1 aliphatic carbocycles. The van der Waals surface area contributed by atoms with Gasteiger partial charge < -0.3 is 10.3 Å². The van der Waals surface area contributed by atoms with Crippen molar-refractivity contribution in [2.45, 2.75) is 38.1 Å². The van der Waals surface area contributed by atoms with Crippen molar-refractivity contribution < 1.29 is 4.79 Å². The maximum Gasteiger partial charge on any atom is 0.272 e. The third-order valence-corrected chi connectivity index (χ3v) is 5.44. The van der Waals surface area contributed by atoms with Gasteiger partial charge in [0, 0.05) is 31.1 Å². The highest BCUT2D eigenvalue weighted by Crippen LogP contribution is 2.33. The number of nitrogens with zero attached hydrogens (tertiary/aromatic N) is 5. The molecule has 0 bridgehead atoms. The summed E-state index contributed by atoms with van der Waals surface area (Å²) in [5.41, 5.74) is 3.35. The largest absolute Gasteiger partial charge is 0.346 e. The molecule has 0 radical (unpaired) electrons. The molecule has 0 unspecified atom stereocenters.